The summed E-state index contributed by atoms with van der Waals surface area (Å²) in [5.41, 5.74) is 0. The number of nitrogens with zero attached hydrogens (tertiary/aromatic N) is 3. The van der Waals surface area contributed by atoms with E-state index in [1.54, 1.807) is 0 Å². The van der Waals surface area contributed by atoms with Gasteiger partial charge in [-0.2, -0.15) is 15.0 Å². The minimum Gasteiger partial charge on any atom is -0.354 e. The van der Waals surface area contributed by atoms with Gasteiger partial charge in [-0.3, -0.25) is 0 Å². The van der Waals surface area contributed by atoms with Crippen LogP contribution >= 0.6 is 11.6 Å². The van der Waals surface area contributed by atoms with Crippen LogP contribution < -0.4 is 10.6 Å². The molecule has 5 nitrogen and oxygen atoms in total. The van der Waals surface area contributed by atoms with Crippen molar-refractivity contribution in [1.82, 2.24) is 15.0 Å². The van der Waals surface area contributed by atoms with Crippen molar-refractivity contribution in [3.8, 4) is 0 Å². The average molecular weight is 256 g/mol. The van der Waals surface area contributed by atoms with Gasteiger partial charge in [0.05, 0.1) is 0 Å². The number of nitrogens with one attached hydrogen (secondary N) is 2. The second-order valence-corrected chi connectivity index (χ2v) is 4.63. The third kappa shape index (κ3) is 3.70. The molecule has 1 aliphatic carbocycles. The molecular formula is C11H18ClN5. The maximum absolute atomic E-state index is 5.82. The summed E-state index contributed by atoms with van der Waals surface area (Å²) >= 11 is 5.82. The van der Waals surface area contributed by atoms with Crippen LogP contribution in [-0.4, -0.2) is 28.0 Å². The lowest BCUT2D eigenvalue weighted by atomic mass is 9.83. The van der Waals surface area contributed by atoms with Gasteiger partial charge < -0.3 is 10.6 Å². The van der Waals surface area contributed by atoms with Crippen molar-refractivity contribution >= 4 is 23.5 Å². The number of aromatic nitrogens is 3. The van der Waals surface area contributed by atoms with Gasteiger partial charge in [0, 0.05) is 13.1 Å². The average Bonchev–Trinajstić information content (AvgIpc) is 2.21. The Hall–Kier alpha value is -1.10. The fourth-order valence-corrected chi connectivity index (χ4v) is 2.00. The van der Waals surface area contributed by atoms with E-state index in [0.717, 1.165) is 19.0 Å². The molecule has 6 heteroatoms. The van der Waals surface area contributed by atoms with Gasteiger partial charge in [0.15, 0.2) is 0 Å². The van der Waals surface area contributed by atoms with Crippen LogP contribution in [0.5, 0.6) is 0 Å². The summed E-state index contributed by atoms with van der Waals surface area (Å²) < 4.78 is 0. The first-order chi connectivity index (χ1) is 8.28. The van der Waals surface area contributed by atoms with E-state index >= 15 is 0 Å². The third-order valence-electron chi connectivity index (χ3n) is 3.00. The smallest absolute Gasteiger partial charge is 0.228 e. The first-order valence-corrected chi connectivity index (χ1v) is 6.55. The van der Waals surface area contributed by atoms with Crippen molar-refractivity contribution in [2.45, 2.75) is 32.6 Å². The van der Waals surface area contributed by atoms with Gasteiger partial charge in [-0.15, -0.1) is 0 Å². The van der Waals surface area contributed by atoms with E-state index in [0.29, 0.717) is 11.9 Å². The molecule has 1 aliphatic rings. The van der Waals surface area contributed by atoms with E-state index in [1.807, 2.05) is 6.92 Å². The monoisotopic (exact) mass is 255 g/mol. The van der Waals surface area contributed by atoms with Gasteiger partial charge in [0.1, 0.15) is 0 Å². The molecule has 0 bridgehead atoms. The van der Waals surface area contributed by atoms with E-state index in [-0.39, 0.29) is 5.28 Å². The van der Waals surface area contributed by atoms with Crippen LogP contribution in [0.3, 0.4) is 0 Å². The summed E-state index contributed by atoms with van der Waals surface area (Å²) in [7, 11) is 0. The predicted molar refractivity (Wildman–Crippen MR) is 69.4 cm³/mol. The minimum absolute atomic E-state index is 0.224. The minimum atomic E-state index is 0.224. The van der Waals surface area contributed by atoms with Crippen molar-refractivity contribution in [2.24, 2.45) is 5.92 Å². The number of halogens is 1. The maximum Gasteiger partial charge on any atom is 0.228 e. The first-order valence-electron chi connectivity index (χ1n) is 6.17. The predicted octanol–water partition coefficient (Wildman–Crippen LogP) is 2.56. The van der Waals surface area contributed by atoms with Crippen LogP contribution in [0.15, 0.2) is 0 Å². The summed E-state index contributed by atoms with van der Waals surface area (Å²) in [6.45, 7) is 3.65. The SMILES string of the molecule is CCNc1nc(Cl)nc(NCCC2CCC2)n1. The standard InChI is InChI=1S/C11H18ClN5/c1-2-13-10-15-9(12)16-11(17-10)14-7-6-8-4-3-5-8/h8H,2-7H2,1H3,(H2,13,14,15,16,17). The highest BCUT2D eigenvalue weighted by Gasteiger charge is 2.16. The van der Waals surface area contributed by atoms with Crippen LogP contribution in [0.1, 0.15) is 32.6 Å². The Bertz CT molecular complexity index is 367. The first kappa shape index (κ1) is 12.4. The van der Waals surface area contributed by atoms with Crippen molar-refractivity contribution in [3.05, 3.63) is 5.28 Å². The van der Waals surface area contributed by atoms with Crippen molar-refractivity contribution in [2.75, 3.05) is 23.7 Å². The highest BCUT2D eigenvalue weighted by Crippen LogP contribution is 2.29. The molecule has 1 aromatic heterocycles. The largest absolute Gasteiger partial charge is 0.354 e. The summed E-state index contributed by atoms with van der Waals surface area (Å²) in [6.07, 6.45) is 5.29. The molecule has 0 saturated heterocycles. The van der Waals surface area contributed by atoms with Gasteiger partial charge in [-0.25, -0.2) is 0 Å². The number of hydrogen-bond acceptors (Lipinski definition) is 5. The molecule has 0 spiro atoms. The molecule has 0 unspecified atom stereocenters. The van der Waals surface area contributed by atoms with Gasteiger partial charge in [0.25, 0.3) is 0 Å². The van der Waals surface area contributed by atoms with Gasteiger partial charge >= 0.3 is 0 Å². The zero-order chi connectivity index (χ0) is 12.1. The van der Waals surface area contributed by atoms with E-state index in [9.17, 15) is 0 Å². The molecule has 2 rings (SSSR count). The van der Waals surface area contributed by atoms with Gasteiger partial charge in [-0.1, -0.05) is 19.3 Å². The molecule has 94 valence electrons. The number of rotatable bonds is 6. The lowest BCUT2D eigenvalue weighted by Gasteiger charge is -2.25. The van der Waals surface area contributed by atoms with Crippen LogP contribution in [0, 0.1) is 5.92 Å². The zero-order valence-corrected chi connectivity index (χ0v) is 10.8. The Kier molecular flexibility index (Phi) is 4.36. The summed E-state index contributed by atoms with van der Waals surface area (Å²) in [5, 5.41) is 6.44. The third-order valence-corrected chi connectivity index (χ3v) is 3.17. The van der Waals surface area contributed by atoms with Crippen molar-refractivity contribution < 1.29 is 0 Å². The molecule has 1 aromatic rings. The number of hydrogen-bond donors (Lipinski definition) is 2. The molecule has 1 saturated carbocycles. The fraction of sp³-hybridized carbons (Fsp3) is 0.727. The van der Waals surface area contributed by atoms with E-state index in [1.165, 1.54) is 25.7 Å². The van der Waals surface area contributed by atoms with Crippen LogP contribution in [0.4, 0.5) is 11.9 Å². The molecule has 2 N–H and O–H groups in total. The van der Waals surface area contributed by atoms with Crippen molar-refractivity contribution in [1.29, 1.82) is 0 Å². The second-order valence-electron chi connectivity index (χ2n) is 4.29. The van der Waals surface area contributed by atoms with Gasteiger partial charge in [-0.05, 0) is 30.9 Å². The topological polar surface area (TPSA) is 62.7 Å². The lowest BCUT2D eigenvalue weighted by molar-refractivity contribution is 0.303. The van der Waals surface area contributed by atoms with E-state index in [2.05, 4.69) is 25.6 Å². The molecular weight excluding hydrogens is 238 g/mol. The zero-order valence-electron chi connectivity index (χ0n) is 10.0. The lowest BCUT2D eigenvalue weighted by Crippen LogP contribution is -2.17. The number of anilines is 2. The second kappa shape index (κ2) is 6.00. The molecule has 1 heterocycles. The van der Waals surface area contributed by atoms with Gasteiger partial charge in [0.2, 0.25) is 17.2 Å². The Balaban J connectivity index is 1.85. The Morgan fingerprint density at radius 3 is 2.47 bits per heavy atom. The van der Waals surface area contributed by atoms with E-state index < -0.39 is 0 Å². The molecule has 0 radical (unpaired) electrons. The Morgan fingerprint density at radius 2 is 1.88 bits per heavy atom. The summed E-state index contributed by atoms with van der Waals surface area (Å²) in [4.78, 5) is 12.3. The fourth-order valence-electron chi connectivity index (χ4n) is 1.84. The summed E-state index contributed by atoms with van der Waals surface area (Å²) in [5.74, 6) is 1.96. The van der Waals surface area contributed by atoms with Crippen LogP contribution in [0.25, 0.3) is 0 Å². The molecule has 0 aromatic carbocycles. The van der Waals surface area contributed by atoms with Crippen molar-refractivity contribution in [3.63, 3.8) is 0 Å². The van der Waals surface area contributed by atoms with Crippen LogP contribution in [-0.2, 0) is 0 Å². The highest BCUT2D eigenvalue weighted by molar-refractivity contribution is 6.28. The molecule has 0 aliphatic heterocycles. The molecule has 1 fully saturated rings. The molecule has 0 atom stereocenters. The maximum atomic E-state index is 5.82. The normalized spacial score (nSPS) is 15.4. The Morgan fingerprint density at radius 1 is 1.18 bits per heavy atom. The molecule has 0 amide bonds. The Labute approximate surface area is 106 Å². The highest BCUT2D eigenvalue weighted by atomic mass is 35.5. The van der Waals surface area contributed by atoms with E-state index in [4.69, 9.17) is 11.6 Å². The van der Waals surface area contributed by atoms with Crippen LogP contribution in [0.2, 0.25) is 5.28 Å². The summed E-state index contributed by atoms with van der Waals surface area (Å²) in [6, 6.07) is 0. The molecule has 17 heavy (non-hydrogen) atoms. The quantitative estimate of drug-likeness (QED) is 0.818.